The van der Waals surface area contributed by atoms with Gasteiger partial charge in [0.05, 0.1) is 11.3 Å². The summed E-state index contributed by atoms with van der Waals surface area (Å²) in [5, 5.41) is 4.27. The smallest absolute Gasteiger partial charge is 0.261 e. The van der Waals surface area contributed by atoms with Crippen LogP contribution in [0, 0.1) is 5.82 Å². The van der Waals surface area contributed by atoms with Crippen molar-refractivity contribution in [2.45, 2.75) is 57.7 Å². The van der Waals surface area contributed by atoms with Crippen LogP contribution in [0.15, 0.2) is 59.7 Å². The fraction of sp³-hybridized carbons (Fsp3) is 0.379. The summed E-state index contributed by atoms with van der Waals surface area (Å²) in [5.74, 6) is 0.256. The summed E-state index contributed by atoms with van der Waals surface area (Å²) < 4.78 is 15.4. The Morgan fingerprint density at radius 3 is 2.43 bits per heavy atom. The Hall–Kier alpha value is -3.65. The maximum Gasteiger partial charge on any atom is 0.261 e. The van der Waals surface area contributed by atoms with Crippen molar-refractivity contribution in [3.05, 3.63) is 71.0 Å². The zero-order chi connectivity index (χ0) is 26.1. The molecule has 1 aliphatic carbocycles. The molecule has 7 nitrogen and oxygen atoms in total. The summed E-state index contributed by atoms with van der Waals surface area (Å²) in [7, 11) is 4.27. The molecule has 1 fully saturated rings. The molecule has 5 rings (SSSR count). The predicted molar refractivity (Wildman–Crippen MR) is 146 cm³/mol. The molecule has 1 saturated carbocycles. The lowest BCUT2D eigenvalue weighted by atomic mass is 9.91. The Morgan fingerprint density at radius 2 is 1.78 bits per heavy atom. The van der Waals surface area contributed by atoms with E-state index < -0.39 is 0 Å². The van der Waals surface area contributed by atoms with Crippen LogP contribution < -0.4 is 10.9 Å². The third kappa shape index (κ3) is 5.25. The lowest BCUT2D eigenvalue weighted by Gasteiger charge is -2.33. The fourth-order valence-electron chi connectivity index (χ4n) is 5.16. The third-order valence-corrected chi connectivity index (χ3v) is 7.25. The Bertz CT molecular complexity index is 1460. The summed E-state index contributed by atoms with van der Waals surface area (Å²) >= 11 is 0. The van der Waals surface area contributed by atoms with Crippen LogP contribution in [-0.2, 0) is 0 Å². The molecule has 192 valence electrons. The Labute approximate surface area is 216 Å². The quantitative estimate of drug-likeness (QED) is 0.375. The summed E-state index contributed by atoms with van der Waals surface area (Å²) in [5.41, 5.74) is 3.02. The summed E-state index contributed by atoms with van der Waals surface area (Å²) in [6.07, 6.45) is 7.86. The SMILES string of the molecule is CC(C)n1c(=O)c(-c2ccc(-c3cccc(F)c3)cn2)cc2cnc(NC3CCC(N(C)C)CC3)nc21. The zero-order valence-electron chi connectivity index (χ0n) is 21.8. The minimum Gasteiger partial charge on any atom is -0.351 e. The molecule has 0 bridgehead atoms. The van der Waals surface area contributed by atoms with Gasteiger partial charge in [0.2, 0.25) is 5.95 Å². The molecule has 0 radical (unpaired) electrons. The molecule has 1 aliphatic rings. The summed E-state index contributed by atoms with van der Waals surface area (Å²) in [6, 6.07) is 12.7. The maximum absolute atomic E-state index is 13.6. The van der Waals surface area contributed by atoms with E-state index in [0.717, 1.165) is 42.2 Å². The van der Waals surface area contributed by atoms with E-state index in [4.69, 9.17) is 4.98 Å². The Kier molecular flexibility index (Phi) is 7.02. The number of halogens is 1. The second kappa shape index (κ2) is 10.4. The van der Waals surface area contributed by atoms with Crippen LogP contribution in [0.2, 0.25) is 0 Å². The molecule has 3 aromatic heterocycles. The number of nitrogens with one attached hydrogen (secondary N) is 1. The highest BCUT2D eigenvalue weighted by Crippen LogP contribution is 2.26. The first kappa shape index (κ1) is 25.0. The molecule has 4 aromatic rings. The van der Waals surface area contributed by atoms with Crippen molar-refractivity contribution in [3.8, 4) is 22.4 Å². The number of aromatic nitrogens is 4. The molecule has 0 unspecified atom stereocenters. The van der Waals surface area contributed by atoms with Crippen LogP contribution in [0.4, 0.5) is 10.3 Å². The zero-order valence-corrected chi connectivity index (χ0v) is 21.8. The number of rotatable bonds is 6. The molecule has 37 heavy (non-hydrogen) atoms. The van der Waals surface area contributed by atoms with Crippen LogP contribution >= 0.6 is 0 Å². The molecule has 1 N–H and O–H groups in total. The van der Waals surface area contributed by atoms with E-state index >= 15 is 0 Å². The molecule has 3 heterocycles. The molecule has 1 aromatic carbocycles. The van der Waals surface area contributed by atoms with Gasteiger partial charge in [-0.25, -0.2) is 9.37 Å². The molecule has 0 aliphatic heterocycles. The molecule has 8 heteroatoms. The summed E-state index contributed by atoms with van der Waals surface area (Å²) in [6.45, 7) is 3.95. The van der Waals surface area contributed by atoms with E-state index in [9.17, 15) is 9.18 Å². The Morgan fingerprint density at radius 1 is 1.00 bits per heavy atom. The van der Waals surface area contributed by atoms with E-state index in [2.05, 4.69) is 34.3 Å². The maximum atomic E-state index is 13.6. The van der Waals surface area contributed by atoms with Gasteiger partial charge in [-0.1, -0.05) is 18.2 Å². The van der Waals surface area contributed by atoms with Gasteiger partial charge in [0.25, 0.3) is 5.56 Å². The first-order valence-electron chi connectivity index (χ1n) is 12.9. The van der Waals surface area contributed by atoms with Crippen molar-refractivity contribution in [1.29, 1.82) is 0 Å². The van der Waals surface area contributed by atoms with Gasteiger partial charge in [0, 0.05) is 41.5 Å². The first-order chi connectivity index (χ1) is 17.8. The first-order valence-corrected chi connectivity index (χ1v) is 12.9. The van der Waals surface area contributed by atoms with Crippen LogP contribution in [0.3, 0.4) is 0 Å². The van der Waals surface area contributed by atoms with E-state index in [1.807, 2.05) is 32.0 Å². The predicted octanol–water partition coefficient (Wildman–Crippen LogP) is 5.53. The average molecular weight is 501 g/mol. The van der Waals surface area contributed by atoms with Gasteiger partial charge < -0.3 is 10.2 Å². The van der Waals surface area contributed by atoms with Crippen molar-refractivity contribution < 1.29 is 4.39 Å². The standard InChI is InChI=1S/C29H33FN6O/c1-18(2)36-27-21(17-32-29(34-27)33-23-9-11-24(12-10-23)35(3)4)15-25(28(36)37)26-13-8-20(16-31-26)19-6-5-7-22(30)14-19/h5-8,13-18,23-24H,9-12H2,1-4H3,(H,32,33,34). The lowest BCUT2D eigenvalue weighted by molar-refractivity contribution is 0.221. The number of hydrogen-bond donors (Lipinski definition) is 1. The normalized spacial score (nSPS) is 18.0. The minimum absolute atomic E-state index is 0.0974. The molecule has 0 atom stereocenters. The largest absolute Gasteiger partial charge is 0.351 e. The molecule has 0 spiro atoms. The lowest BCUT2D eigenvalue weighted by Crippen LogP contribution is -2.36. The van der Waals surface area contributed by atoms with Crippen molar-refractivity contribution in [3.63, 3.8) is 0 Å². The van der Waals surface area contributed by atoms with Crippen molar-refractivity contribution in [1.82, 2.24) is 24.4 Å². The van der Waals surface area contributed by atoms with Crippen molar-refractivity contribution >= 4 is 17.0 Å². The molecule has 0 amide bonds. The monoisotopic (exact) mass is 500 g/mol. The fourth-order valence-corrected chi connectivity index (χ4v) is 5.16. The van der Waals surface area contributed by atoms with Gasteiger partial charge in [-0.15, -0.1) is 0 Å². The molecular weight excluding hydrogens is 467 g/mol. The van der Waals surface area contributed by atoms with Gasteiger partial charge >= 0.3 is 0 Å². The van der Waals surface area contributed by atoms with E-state index in [-0.39, 0.29) is 17.4 Å². The van der Waals surface area contributed by atoms with Crippen molar-refractivity contribution in [2.75, 3.05) is 19.4 Å². The number of hydrogen-bond acceptors (Lipinski definition) is 6. The number of benzene rings is 1. The summed E-state index contributed by atoms with van der Waals surface area (Å²) in [4.78, 5) is 29.8. The average Bonchev–Trinajstić information content (AvgIpc) is 2.88. The van der Waals surface area contributed by atoms with Gasteiger partial charge in [-0.05, 0) is 83.5 Å². The second-order valence-corrected chi connectivity index (χ2v) is 10.4. The Balaban J connectivity index is 1.46. The van der Waals surface area contributed by atoms with Crippen LogP contribution in [0.1, 0.15) is 45.6 Å². The van der Waals surface area contributed by atoms with Gasteiger partial charge in [-0.2, -0.15) is 4.98 Å². The number of anilines is 1. The third-order valence-electron chi connectivity index (χ3n) is 7.25. The van der Waals surface area contributed by atoms with Gasteiger partial charge in [0.15, 0.2) is 0 Å². The number of pyridine rings is 2. The highest BCUT2D eigenvalue weighted by atomic mass is 19.1. The van der Waals surface area contributed by atoms with E-state index in [1.165, 1.54) is 12.1 Å². The van der Waals surface area contributed by atoms with Crippen LogP contribution in [0.25, 0.3) is 33.4 Å². The van der Waals surface area contributed by atoms with E-state index in [1.54, 1.807) is 29.1 Å². The van der Waals surface area contributed by atoms with Gasteiger partial charge in [0.1, 0.15) is 11.5 Å². The highest BCUT2D eigenvalue weighted by Gasteiger charge is 2.23. The second-order valence-electron chi connectivity index (χ2n) is 10.4. The topological polar surface area (TPSA) is 75.9 Å². The number of fused-ring (bicyclic) bond motifs is 1. The number of nitrogens with zero attached hydrogens (tertiary/aromatic N) is 5. The van der Waals surface area contributed by atoms with Crippen molar-refractivity contribution in [2.24, 2.45) is 0 Å². The molecular formula is C29H33FN6O. The van der Waals surface area contributed by atoms with E-state index in [0.29, 0.717) is 34.9 Å². The highest BCUT2D eigenvalue weighted by molar-refractivity contribution is 5.81. The van der Waals surface area contributed by atoms with Crippen LogP contribution in [-0.4, -0.2) is 50.6 Å². The minimum atomic E-state index is -0.300. The molecule has 0 saturated heterocycles. The van der Waals surface area contributed by atoms with Gasteiger partial charge in [-0.3, -0.25) is 14.3 Å². The van der Waals surface area contributed by atoms with Crippen LogP contribution in [0.5, 0.6) is 0 Å².